The number of hydrogen-bond donors (Lipinski definition) is 0. The third-order valence-electron chi connectivity index (χ3n) is 0. The second-order valence-electron chi connectivity index (χ2n) is 0. The minimum absolute atomic E-state index is 2.00. The van der Waals surface area contributed by atoms with Crippen LogP contribution in [0.1, 0.15) is 30.7 Å². The second kappa shape index (κ2) is 0. The molecule has 0 aliphatic heterocycles. The molecule has 0 rings (SSSR count). The Balaban J connectivity index is -0.0000000225. The maximum atomic E-state index is 5.00. The summed E-state index contributed by atoms with van der Waals surface area (Å²) in [5, 5.41) is 0. The quantitative estimate of drug-likeness (QED) is 0.407. The molecule has 4 heavy (non-hydrogen) atoms. The van der Waals surface area contributed by atoms with Crippen molar-refractivity contribution in [1.29, 1.82) is 0 Å². The van der Waals surface area contributed by atoms with Crippen LogP contribution in [0.2, 0.25) is 0 Å². The molecule has 0 amide bonds. The number of rotatable bonds is 0. The average Bonchev–Trinajstić information content (AvgIpc) is 1.81. The summed E-state index contributed by atoms with van der Waals surface area (Å²) in [5.74, 6) is 0. The van der Waals surface area contributed by atoms with E-state index in [-0.39, 0.29) is 0 Å². The Labute approximate surface area is 31.9 Å². The van der Waals surface area contributed by atoms with Gasteiger partial charge in [-0.05, 0) is 0 Å². The second-order valence-corrected chi connectivity index (χ2v) is 0. The first kappa shape index (κ1) is 4.00. The maximum Gasteiger partial charge on any atom is 0 e. The minimum atomic E-state index is 2.00. The van der Waals surface area contributed by atoms with Crippen LogP contribution in [-0.4, -0.2) is 0 Å². The van der Waals surface area contributed by atoms with E-state index in [1.54, 1.807) is 0 Å². The molecule has 0 aromatic carbocycles. The van der Waals surface area contributed by atoms with E-state index in [9.17, 15) is 0 Å². The van der Waals surface area contributed by atoms with E-state index in [0.717, 1.165) is 0 Å². The lowest BCUT2D eigenvalue weighted by Gasteiger charge is -1.07. The normalized spacial score (nSPS) is 5.00. The van der Waals surface area contributed by atoms with E-state index in [2.05, 4.69) is 0 Å². The molecule has 0 aromatic rings. The number of hydrogen-bond acceptors (Lipinski definition) is 0. The Morgan fingerprint density at radius 2 is 1.00 bits per heavy atom. The molecule has 0 aliphatic carbocycles. The first-order valence-electron chi connectivity index (χ1n) is 3.00. The third-order valence-corrected chi connectivity index (χ3v) is 0. The van der Waals surface area contributed by atoms with Crippen LogP contribution in [-0.2, 0) is 0 Å². The lowest BCUT2D eigenvalue weighted by Crippen LogP contribution is -0.856. The molecular weight excluding hydrogens is 48.0 g/mol. The molecule has 30 valence electrons. The van der Waals surface area contributed by atoms with Crippen LogP contribution in [0.25, 0.3) is 0 Å². The predicted molar refractivity (Wildman–Crippen MR) is 24.8 cm³/mol. The lowest BCUT2D eigenvalue weighted by atomic mass is 11.0. The van der Waals surface area contributed by atoms with Gasteiger partial charge in [0, 0.05) is 2.97 Å². The molecule has 0 radical (unpaired) electrons. The zero-order valence-corrected chi connectivity index (χ0v) is 4.00. The Morgan fingerprint density at radius 1 is 1.00 bits per heavy atom. The fraction of sp³-hybridized carbons (Fsp3) is 1.00. The van der Waals surface area contributed by atoms with Crippen molar-refractivity contribution in [1.82, 2.24) is 0 Å². The molecule has 0 nitrogen and oxygen atoms in total. The van der Waals surface area contributed by atoms with Crippen LogP contribution in [0.4, 0.5) is 0 Å². The van der Waals surface area contributed by atoms with Gasteiger partial charge in [-0.15, -0.1) is 0 Å². The summed E-state index contributed by atoms with van der Waals surface area (Å²) in [4.78, 5) is 0. The van der Waals surface area contributed by atoms with Gasteiger partial charge in [0.2, 0.25) is 0 Å². The Kier molecular flexibility index (Phi) is 0. The van der Waals surface area contributed by atoms with Gasteiger partial charge in [-0.2, -0.15) is 0 Å². The molecule has 0 unspecified atom stereocenters. The minimum Gasteiger partial charge on any atom is -0.0683 e. The molecule has 0 N–H and O–H groups in total. The van der Waals surface area contributed by atoms with Crippen molar-refractivity contribution >= 4 is 0 Å². The van der Waals surface area contributed by atoms with Crippen molar-refractivity contribution in [2.75, 3.05) is 0 Å². The SMILES string of the molecule is CC.CC.[3H][3H]. The van der Waals surface area contributed by atoms with E-state index in [4.69, 9.17) is 2.97 Å². The van der Waals surface area contributed by atoms with Gasteiger partial charge in [-0.25, -0.2) is 0 Å². The van der Waals surface area contributed by atoms with E-state index in [1.807, 2.05) is 27.7 Å². The summed E-state index contributed by atoms with van der Waals surface area (Å²) >= 11 is 0. The Morgan fingerprint density at radius 3 is 1.00 bits per heavy atom. The molecule has 0 heterocycles. The van der Waals surface area contributed by atoms with Crippen molar-refractivity contribution in [3.05, 3.63) is 0 Å². The van der Waals surface area contributed by atoms with E-state index in [1.165, 1.54) is 0 Å². The van der Waals surface area contributed by atoms with Gasteiger partial charge in [0.05, 0.1) is 0 Å². The summed E-state index contributed by atoms with van der Waals surface area (Å²) in [5.41, 5.74) is 0. The Hall–Kier alpha value is 0. The van der Waals surface area contributed by atoms with Crippen LogP contribution < -0.4 is 0 Å². The maximum absolute atomic E-state index is 5.00. The molecule has 0 atom stereocenters. The van der Waals surface area contributed by atoms with Crippen molar-refractivity contribution in [2.24, 2.45) is 0 Å². The van der Waals surface area contributed by atoms with Crippen LogP contribution in [0.15, 0.2) is 0 Å². The van der Waals surface area contributed by atoms with Crippen molar-refractivity contribution in [3.8, 4) is 0 Å². The van der Waals surface area contributed by atoms with Crippen LogP contribution in [0, 0.1) is 0 Å². The molecule has 0 saturated heterocycles. The highest BCUT2D eigenvalue weighted by Crippen LogP contribution is 1.15. The van der Waals surface area contributed by atoms with Crippen molar-refractivity contribution in [2.45, 2.75) is 27.7 Å². The third kappa shape index (κ3) is 0. The summed E-state index contributed by atoms with van der Waals surface area (Å²) in [6, 6.07) is 0. The molecule has 0 spiro atoms. The summed E-state index contributed by atoms with van der Waals surface area (Å²) < 4.78 is 10.0. The van der Waals surface area contributed by atoms with E-state index >= 15 is 0 Å². The highest BCUT2D eigenvalue weighted by Gasteiger charge is 0.934. The monoisotopic (exact) mass is 66.1 g/mol. The predicted octanol–water partition coefficient (Wildman–Crippen LogP) is 2.30. The van der Waals surface area contributed by atoms with Crippen LogP contribution >= 0.6 is 0 Å². The van der Waals surface area contributed by atoms with Gasteiger partial charge in [-0.3, -0.25) is 0 Å². The van der Waals surface area contributed by atoms with Gasteiger partial charge in [-0.1, -0.05) is 27.7 Å². The highest BCUT2D eigenvalue weighted by atomic mass is 13.0. The van der Waals surface area contributed by atoms with Crippen LogP contribution in [0.5, 0.6) is 0 Å². The molecule has 0 bridgehead atoms. The van der Waals surface area contributed by atoms with Gasteiger partial charge in [0.25, 0.3) is 0 Å². The first-order chi connectivity index (χ1) is 3.00. The van der Waals surface area contributed by atoms with Crippen molar-refractivity contribution in [3.63, 3.8) is 0 Å². The molecule has 0 heteroatoms. The average molecular weight is 66.2 g/mol. The molecule has 0 aromatic heterocycles. The zero-order valence-electron chi connectivity index (χ0n) is 6.00. The molecular formula is C4H14. The molecule has 0 saturated carbocycles. The fourth-order valence-corrected chi connectivity index (χ4v) is 0. The molecule has 0 fully saturated rings. The summed E-state index contributed by atoms with van der Waals surface area (Å²) in [6.07, 6.45) is 0. The van der Waals surface area contributed by atoms with Crippen molar-refractivity contribution < 1.29 is 2.97 Å². The van der Waals surface area contributed by atoms with Gasteiger partial charge in [0.1, 0.15) is 0 Å². The summed E-state index contributed by atoms with van der Waals surface area (Å²) in [7, 11) is 0. The largest absolute Gasteiger partial charge is 0.0683 e. The van der Waals surface area contributed by atoms with E-state index in [0.29, 0.717) is 0 Å². The topological polar surface area (TPSA) is 0 Å². The fourth-order valence-electron chi connectivity index (χ4n) is 0. The zero-order chi connectivity index (χ0) is 6.00. The molecule has 0 aliphatic rings. The van der Waals surface area contributed by atoms with Gasteiger partial charge < -0.3 is 0 Å². The Bertz CT molecular complexity index is 5.51. The summed E-state index contributed by atoms with van der Waals surface area (Å²) in [6.45, 7) is 8.00. The first-order valence-corrected chi connectivity index (χ1v) is 2.00. The van der Waals surface area contributed by atoms with Crippen LogP contribution in [0.3, 0.4) is 0 Å². The highest BCUT2D eigenvalue weighted by molar-refractivity contribution is 3.51. The van der Waals surface area contributed by atoms with Gasteiger partial charge in [0.15, 0.2) is 0 Å². The lowest BCUT2D eigenvalue weighted by molar-refractivity contribution is 1.50. The standard InChI is InChI=1S/2C2H6.H2/c2*1-2;/h2*1-2H3;1H/i;;1+2T. The van der Waals surface area contributed by atoms with E-state index < -0.39 is 0 Å². The smallest absolute Gasteiger partial charge is 0 e. The van der Waals surface area contributed by atoms with Gasteiger partial charge >= 0.3 is 0 Å².